The van der Waals surface area contributed by atoms with Gasteiger partial charge in [0.15, 0.2) is 0 Å². The Morgan fingerprint density at radius 2 is 1.71 bits per heavy atom. The molecule has 0 saturated carbocycles. The van der Waals surface area contributed by atoms with E-state index in [1.54, 1.807) is 18.2 Å². The van der Waals surface area contributed by atoms with E-state index in [0.717, 1.165) is 10.5 Å². The lowest BCUT2D eigenvalue weighted by molar-refractivity contribution is -0.120. The second-order valence-electron chi connectivity index (χ2n) is 4.51. The van der Waals surface area contributed by atoms with E-state index in [1.165, 1.54) is 11.8 Å². The monoisotopic (exact) mass is 339 g/mol. The molecule has 0 aliphatic heterocycles. The third kappa shape index (κ3) is 4.67. The molecule has 0 aliphatic carbocycles. The number of rotatable bonds is 5. The molecule has 1 N–H and O–H groups in total. The molecule has 21 heavy (non-hydrogen) atoms. The maximum atomic E-state index is 12.1. The minimum absolute atomic E-state index is 0.0418. The molecule has 110 valence electrons. The first-order valence-electron chi connectivity index (χ1n) is 6.50. The summed E-state index contributed by atoms with van der Waals surface area (Å²) in [5.41, 5.74) is 1.07. The Kier molecular flexibility index (Phi) is 5.97. The molecule has 2 nitrogen and oxygen atoms in total. The lowest BCUT2D eigenvalue weighted by Crippen LogP contribution is -2.30. The molecule has 0 fully saturated rings. The van der Waals surface area contributed by atoms with E-state index in [2.05, 4.69) is 5.32 Å². The highest BCUT2D eigenvalue weighted by Crippen LogP contribution is 2.36. The van der Waals surface area contributed by atoms with Gasteiger partial charge in [-0.25, -0.2) is 0 Å². The van der Waals surface area contributed by atoms with Crippen molar-refractivity contribution in [2.45, 2.75) is 23.6 Å². The molecule has 2 aromatic carbocycles. The van der Waals surface area contributed by atoms with Crippen LogP contribution in [0.3, 0.4) is 0 Å². The summed E-state index contributed by atoms with van der Waals surface area (Å²) in [6.45, 7) is 2.35. The first-order valence-corrected chi connectivity index (χ1v) is 8.14. The zero-order chi connectivity index (χ0) is 15.2. The van der Waals surface area contributed by atoms with Gasteiger partial charge in [-0.2, -0.15) is 0 Å². The van der Waals surface area contributed by atoms with Crippen molar-refractivity contribution in [1.29, 1.82) is 0 Å². The van der Waals surface area contributed by atoms with Crippen LogP contribution in [0.25, 0.3) is 0 Å². The average Bonchev–Trinajstić information content (AvgIpc) is 2.49. The SMILES string of the molecule is CC(Sc1c(Cl)cccc1Cl)C(=O)NCc1ccccc1. The highest BCUT2D eigenvalue weighted by Gasteiger charge is 2.17. The number of nitrogens with one attached hydrogen (secondary N) is 1. The summed E-state index contributed by atoms with van der Waals surface area (Å²) in [6, 6.07) is 15.1. The van der Waals surface area contributed by atoms with Crippen LogP contribution in [-0.2, 0) is 11.3 Å². The zero-order valence-electron chi connectivity index (χ0n) is 11.5. The van der Waals surface area contributed by atoms with Crippen molar-refractivity contribution < 1.29 is 4.79 Å². The smallest absolute Gasteiger partial charge is 0.233 e. The zero-order valence-corrected chi connectivity index (χ0v) is 13.8. The Labute approximate surface area is 138 Å². The van der Waals surface area contributed by atoms with Crippen LogP contribution >= 0.6 is 35.0 Å². The van der Waals surface area contributed by atoms with Crippen LogP contribution in [-0.4, -0.2) is 11.2 Å². The lowest BCUT2D eigenvalue weighted by atomic mass is 10.2. The summed E-state index contributed by atoms with van der Waals surface area (Å²) < 4.78 is 0. The molecule has 2 aromatic rings. The van der Waals surface area contributed by atoms with E-state index in [1.807, 2.05) is 37.3 Å². The Morgan fingerprint density at radius 3 is 2.33 bits per heavy atom. The predicted octanol–water partition coefficient (Wildman–Crippen LogP) is 4.79. The largest absolute Gasteiger partial charge is 0.351 e. The van der Waals surface area contributed by atoms with Gasteiger partial charge in [-0.3, -0.25) is 4.79 Å². The van der Waals surface area contributed by atoms with E-state index in [4.69, 9.17) is 23.2 Å². The topological polar surface area (TPSA) is 29.1 Å². The molecular formula is C16H15Cl2NOS. The predicted molar refractivity (Wildman–Crippen MR) is 90.1 cm³/mol. The number of thioether (sulfide) groups is 1. The molecule has 0 bridgehead atoms. The van der Waals surface area contributed by atoms with Crippen LogP contribution in [0.1, 0.15) is 12.5 Å². The normalized spacial score (nSPS) is 12.0. The Balaban J connectivity index is 1.94. The minimum atomic E-state index is -0.272. The van der Waals surface area contributed by atoms with Crippen LogP contribution in [0.5, 0.6) is 0 Å². The van der Waals surface area contributed by atoms with Crippen LogP contribution in [0, 0.1) is 0 Å². The molecular weight excluding hydrogens is 325 g/mol. The van der Waals surface area contributed by atoms with Gasteiger partial charge in [-0.1, -0.05) is 59.6 Å². The summed E-state index contributed by atoms with van der Waals surface area (Å²) in [5.74, 6) is -0.0418. The minimum Gasteiger partial charge on any atom is -0.351 e. The van der Waals surface area contributed by atoms with Crippen molar-refractivity contribution in [3.8, 4) is 0 Å². The third-order valence-corrected chi connectivity index (χ3v) is 4.99. The van der Waals surface area contributed by atoms with E-state index in [-0.39, 0.29) is 11.2 Å². The molecule has 0 heterocycles. The van der Waals surface area contributed by atoms with Crippen LogP contribution < -0.4 is 5.32 Å². The molecule has 0 saturated heterocycles. The molecule has 1 unspecified atom stereocenters. The van der Waals surface area contributed by atoms with E-state index in [0.29, 0.717) is 16.6 Å². The summed E-state index contributed by atoms with van der Waals surface area (Å²) in [7, 11) is 0. The number of hydrogen-bond donors (Lipinski definition) is 1. The molecule has 0 aliphatic rings. The molecule has 0 radical (unpaired) electrons. The van der Waals surface area contributed by atoms with E-state index >= 15 is 0 Å². The molecule has 0 spiro atoms. The second-order valence-corrected chi connectivity index (χ2v) is 6.68. The summed E-state index contributed by atoms with van der Waals surface area (Å²) in [6.07, 6.45) is 0. The standard InChI is InChI=1S/C16H15Cl2NOS/c1-11(21-15-13(17)8-5-9-14(15)18)16(20)19-10-12-6-3-2-4-7-12/h2-9,11H,10H2,1H3,(H,19,20). The maximum Gasteiger partial charge on any atom is 0.233 e. The number of amides is 1. The van der Waals surface area contributed by atoms with Crippen LogP contribution in [0.15, 0.2) is 53.4 Å². The number of halogens is 2. The van der Waals surface area contributed by atoms with Gasteiger partial charge in [-0.05, 0) is 24.6 Å². The highest BCUT2D eigenvalue weighted by atomic mass is 35.5. The maximum absolute atomic E-state index is 12.1. The fourth-order valence-corrected chi connectivity index (χ4v) is 3.32. The van der Waals surface area contributed by atoms with E-state index in [9.17, 15) is 4.79 Å². The van der Waals surface area contributed by atoms with Gasteiger partial charge in [0.1, 0.15) is 0 Å². The highest BCUT2D eigenvalue weighted by molar-refractivity contribution is 8.00. The van der Waals surface area contributed by atoms with Crippen molar-refractivity contribution in [3.05, 3.63) is 64.1 Å². The molecule has 2 rings (SSSR count). The molecule has 1 amide bonds. The van der Waals surface area contributed by atoms with Crippen LogP contribution in [0.2, 0.25) is 10.0 Å². The van der Waals surface area contributed by atoms with Gasteiger partial charge < -0.3 is 5.32 Å². The lowest BCUT2D eigenvalue weighted by Gasteiger charge is -2.14. The molecule has 5 heteroatoms. The third-order valence-electron chi connectivity index (χ3n) is 2.89. The first kappa shape index (κ1) is 16.2. The summed E-state index contributed by atoms with van der Waals surface area (Å²) in [4.78, 5) is 12.9. The van der Waals surface area contributed by atoms with Gasteiger partial charge in [0.25, 0.3) is 0 Å². The second kappa shape index (κ2) is 7.74. The number of hydrogen-bond acceptors (Lipinski definition) is 2. The Bertz CT molecular complexity index is 599. The van der Waals surface area contributed by atoms with Crippen molar-refractivity contribution in [1.82, 2.24) is 5.32 Å². The molecule has 0 aromatic heterocycles. The molecule has 1 atom stereocenters. The number of carbonyl (C=O) groups excluding carboxylic acids is 1. The first-order chi connectivity index (χ1) is 10.1. The Morgan fingerprint density at radius 1 is 1.10 bits per heavy atom. The number of benzene rings is 2. The van der Waals surface area contributed by atoms with Gasteiger partial charge in [-0.15, -0.1) is 11.8 Å². The van der Waals surface area contributed by atoms with Crippen molar-refractivity contribution in [2.24, 2.45) is 0 Å². The Hall–Kier alpha value is -1.16. The summed E-state index contributed by atoms with van der Waals surface area (Å²) >= 11 is 13.6. The average molecular weight is 340 g/mol. The van der Waals surface area contributed by atoms with Crippen molar-refractivity contribution in [3.63, 3.8) is 0 Å². The van der Waals surface area contributed by atoms with E-state index < -0.39 is 0 Å². The fraction of sp³-hybridized carbons (Fsp3) is 0.188. The summed E-state index contributed by atoms with van der Waals surface area (Å²) in [5, 5.41) is 3.77. The van der Waals surface area contributed by atoms with Gasteiger partial charge >= 0.3 is 0 Å². The number of carbonyl (C=O) groups is 1. The van der Waals surface area contributed by atoms with Crippen LogP contribution in [0.4, 0.5) is 0 Å². The quantitative estimate of drug-likeness (QED) is 0.793. The van der Waals surface area contributed by atoms with Gasteiger partial charge in [0.2, 0.25) is 5.91 Å². The van der Waals surface area contributed by atoms with Gasteiger partial charge in [0.05, 0.1) is 15.3 Å². The fourth-order valence-electron chi connectivity index (χ4n) is 1.75. The van der Waals surface area contributed by atoms with Crippen molar-refractivity contribution in [2.75, 3.05) is 0 Å². The van der Waals surface area contributed by atoms with Gasteiger partial charge in [0, 0.05) is 11.4 Å². The van der Waals surface area contributed by atoms with Crippen molar-refractivity contribution >= 4 is 40.9 Å².